The Hall–Kier alpha value is -0.530. The summed E-state index contributed by atoms with van der Waals surface area (Å²) in [6, 6.07) is 4.11. The second kappa shape index (κ2) is 2.74. The molecule has 0 unspecified atom stereocenters. The van der Waals surface area contributed by atoms with E-state index in [0.29, 0.717) is 0 Å². The molecule has 74 valence electrons. The smallest absolute Gasteiger partial charge is 0.0899 e. The van der Waals surface area contributed by atoms with E-state index in [9.17, 15) is 5.11 Å². The van der Waals surface area contributed by atoms with Gasteiger partial charge < -0.3 is 5.11 Å². The summed E-state index contributed by atoms with van der Waals surface area (Å²) in [7, 11) is 0. The van der Waals surface area contributed by atoms with Gasteiger partial charge >= 0.3 is 0 Å². The molecule has 1 nitrogen and oxygen atoms in total. The molecule has 3 rings (SSSR count). The monoisotopic (exact) mass is 208 g/mol. The molecule has 2 aliphatic rings. The topological polar surface area (TPSA) is 20.2 Å². The van der Waals surface area contributed by atoms with Crippen molar-refractivity contribution in [3.8, 4) is 0 Å². The van der Waals surface area contributed by atoms with E-state index < -0.39 is 5.60 Å². The van der Waals surface area contributed by atoms with E-state index in [2.05, 4.69) is 6.07 Å². The number of aryl methyl sites for hydroxylation is 1. The van der Waals surface area contributed by atoms with Crippen LogP contribution in [0, 0.1) is 0 Å². The van der Waals surface area contributed by atoms with Gasteiger partial charge in [0.25, 0.3) is 0 Å². The molecule has 2 heteroatoms. The van der Waals surface area contributed by atoms with Gasteiger partial charge in [0, 0.05) is 5.02 Å². The van der Waals surface area contributed by atoms with Crippen molar-refractivity contribution >= 4 is 11.6 Å². The van der Waals surface area contributed by atoms with Gasteiger partial charge in [0.15, 0.2) is 0 Å². The lowest BCUT2D eigenvalue weighted by molar-refractivity contribution is 0.151. The van der Waals surface area contributed by atoms with Crippen LogP contribution in [0.25, 0.3) is 0 Å². The molecule has 0 heterocycles. The Labute approximate surface area is 88.7 Å². The fourth-order valence-corrected chi connectivity index (χ4v) is 2.66. The maximum atomic E-state index is 10.00. The minimum absolute atomic E-state index is 0.540. The number of hydrogen-bond donors (Lipinski definition) is 1. The molecule has 0 bridgehead atoms. The van der Waals surface area contributed by atoms with Crippen LogP contribution >= 0.6 is 11.6 Å². The normalized spacial score (nSPS) is 22.1. The molecule has 1 aromatic carbocycles. The predicted molar refractivity (Wildman–Crippen MR) is 56.6 cm³/mol. The molecule has 0 amide bonds. The molecule has 0 aliphatic heterocycles. The summed E-state index contributed by atoms with van der Waals surface area (Å²) in [6.45, 7) is 0. The third-order valence-electron chi connectivity index (χ3n) is 3.42. The SMILES string of the molecule is OC1(c2cc(Cl)c3c(c2)CCC3)CC1. The van der Waals surface area contributed by atoms with E-state index in [1.165, 1.54) is 17.5 Å². The van der Waals surface area contributed by atoms with Gasteiger partial charge in [-0.05, 0) is 54.9 Å². The highest BCUT2D eigenvalue weighted by atomic mass is 35.5. The Balaban J connectivity index is 2.12. The Morgan fingerprint density at radius 1 is 1.21 bits per heavy atom. The first-order chi connectivity index (χ1) is 6.69. The summed E-state index contributed by atoms with van der Waals surface area (Å²) in [4.78, 5) is 0. The minimum atomic E-state index is -0.540. The molecular formula is C12H13ClO. The largest absolute Gasteiger partial charge is 0.385 e. The highest BCUT2D eigenvalue weighted by Gasteiger charge is 2.42. The lowest BCUT2D eigenvalue weighted by Gasteiger charge is -2.11. The number of halogens is 1. The Morgan fingerprint density at radius 3 is 2.71 bits per heavy atom. The first-order valence-corrected chi connectivity index (χ1v) is 5.61. The van der Waals surface area contributed by atoms with Crippen molar-refractivity contribution in [2.24, 2.45) is 0 Å². The van der Waals surface area contributed by atoms with Crippen molar-refractivity contribution in [2.75, 3.05) is 0 Å². The average molecular weight is 209 g/mol. The molecule has 1 aromatic rings. The Kier molecular flexibility index (Phi) is 1.71. The molecule has 0 radical (unpaired) electrons. The van der Waals surface area contributed by atoms with E-state index in [-0.39, 0.29) is 0 Å². The van der Waals surface area contributed by atoms with Crippen LogP contribution in [-0.4, -0.2) is 5.11 Å². The third-order valence-corrected chi connectivity index (χ3v) is 3.76. The lowest BCUT2D eigenvalue weighted by Crippen LogP contribution is -2.05. The lowest BCUT2D eigenvalue weighted by atomic mass is 10.0. The molecule has 1 fully saturated rings. The van der Waals surface area contributed by atoms with Gasteiger partial charge in [-0.15, -0.1) is 0 Å². The van der Waals surface area contributed by atoms with Crippen LogP contribution in [0.15, 0.2) is 12.1 Å². The second-order valence-electron chi connectivity index (χ2n) is 4.48. The zero-order chi connectivity index (χ0) is 9.76. The first kappa shape index (κ1) is 8.75. The predicted octanol–water partition coefficient (Wildman–Crippen LogP) is 2.81. The molecule has 0 aromatic heterocycles. The summed E-state index contributed by atoms with van der Waals surface area (Å²) in [5.41, 5.74) is 3.15. The fraction of sp³-hybridized carbons (Fsp3) is 0.500. The summed E-state index contributed by atoms with van der Waals surface area (Å²) < 4.78 is 0. The van der Waals surface area contributed by atoms with Gasteiger partial charge in [-0.3, -0.25) is 0 Å². The number of aliphatic hydroxyl groups is 1. The maximum Gasteiger partial charge on any atom is 0.0899 e. The van der Waals surface area contributed by atoms with Crippen LogP contribution in [0.4, 0.5) is 0 Å². The van der Waals surface area contributed by atoms with E-state index >= 15 is 0 Å². The second-order valence-corrected chi connectivity index (χ2v) is 4.89. The van der Waals surface area contributed by atoms with Crippen molar-refractivity contribution in [3.05, 3.63) is 33.8 Å². The highest BCUT2D eigenvalue weighted by Crippen LogP contribution is 2.47. The summed E-state index contributed by atoms with van der Waals surface area (Å²) in [5, 5.41) is 10.9. The summed E-state index contributed by atoms with van der Waals surface area (Å²) in [6.07, 6.45) is 5.22. The van der Waals surface area contributed by atoms with Crippen molar-refractivity contribution in [1.82, 2.24) is 0 Å². The van der Waals surface area contributed by atoms with Gasteiger partial charge in [-0.2, -0.15) is 0 Å². The zero-order valence-electron chi connectivity index (χ0n) is 8.02. The van der Waals surface area contributed by atoms with E-state index in [0.717, 1.165) is 36.3 Å². The first-order valence-electron chi connectivity index (χ1n) is 5.23. The molecule has 1 saturated carbocycles. The van der Waals surface area contributed by atoms with Crippen LogP contribution in [0.5, 0.6) is 0 Å². The van der Waals surface area contributed by atoms with Crippen LogP contribution in [0.2, 0.25) is 5.02 Å². The average Bonchev–Trinajstić information content (AvgIpc) is 2.75. The van der Waals surface area contributed by atoms with E-state index in [4.69, 9.17) is 11.6 Å². The van der Waals surface area contributed by atoms with Crippen molar-refractivity contribution < 1.29 is 5.11 Å². The summed E-state index contributed by atoms with van der Waals surface area (Å²) >= 11 is 6.20. The summed E-state index contributed by atoms with van der Waals surface area (Å²) in [5.74, 6) is 0. The van der Waals surface area contributed by atoms with Gasteiger partial charge in [0.05, 0.1) is 5.60 Å². The van der Waals surface area contributed by atoms with Gasteiger partial charge in [0.1, 0.15) is 0 Å². The molecule has 0 saturated heterocycles. The standard InChI is InChI=1S/C12H13ClO/c13-11-7-9(12(14)4-5-12)6-8-2-1-3-10(8)11/h6-7,14H,1-5H2. The van der Waals surface area contributed by atoms with Crippen LogP contribution in [0.1, 0.15) is 36.0 Å². The number of rotatable bonds is 1. The van der Waals surface area contributed by atoms with Gasteiger partial charge in [-0.25, -0.2) is 0 Å². The van der Waals surface area contributed by atoms with Gasteiger partial charge in [0.2, 0.25) is 0 Å². The van der Waals surface area contributed by atoms with Gasteiger partial charge in [-0.1, -0.05) is 17.7 Å². The number of fused-ring (bicyclic) bond motifs is 1. The molecule has 2 aliphatic carbocycles. The molecule has 0 atom stereocenters. The van der Waals surface area contributed by atoms with Crippen LogP contribution in [-0.2, 0) is 18.4 Å². The quantitative estimate of drug-likeness (QED) is 0.753. The molecule has 1 N–H and O–H groups in total. The zero-order valence-corrected chi connectivity index (χ0v) is 8.77. The van der Waals surface area contributed by atoms with Crippen molar-refractivity contribution in [1.29, 1.82) is 0 Å². The van der Waals surface area contributed by atoms with E-state index in [1.807, 2.05) is 6.07 Å². The molecule has 0 spiro atoms. The minimum Gasteiger partial charge on any atom is -0.385 e. The molecular weight excluding hydrogens is 196 g/mol. The highest BCUT2D eigenvalue weighted by molar-refractivity contribution is 6.31. The Bertz CT molecular complexity index is 394. The van der Waals surface area contributed by atoms with Crippen LogP contribution < -0.4 is 0 Å². The van der Waals surface area contributed by atoms with Crippen LogP contribution in [0.3, 0.4) is 0 Å². The van der Waals surface area contributed by atoms with Crippen molar-refractivity contribution in [3.63, 3.8) is 0 Å². The van der Waals surface area contributed by atoms with E-state index in [1.54, 1.807) is 0 Å². The van der Waals surface area contributed by atoms with Crippen molar-refractivity contribution in [2.45, 2.75) is 37.7 Å². The fourth-order valence-electron chi connectivity index (χ4n) is 2.33. The number of hydrogen-bond acceptors (Lipinski definition) is 1. The number of benzene rings is 1. The maximum absolute atomic E-state index is 10.00. The third kappa shape index (κ3) is 1.19. The Morgan fingerprint density at radius 2 is 2.00 bits per heavy atom. The molecule has 14 heavy (non-hydrogen) atoms.